The van der Waals surface area contributed by atoms with Gasteiger partial charge in [0.15, 0.2) is 35.2 Å². The SMILES string of the molecule is CC(=O)c1ccc(Cn2ncc(N)n2)o1.COCc1cccc(-c2ocnc2C(=O)O)c1. The van der Waals surface area contributed by atoms with E-state index in [4.69, 9.17) is 24.4 Å². The predicted octanol–water partition coefficient (Wildman–Crippen LogP) is 2.89. The molecule has 0 spiro atoms. The van der Waals surface area contributed by atoms with Gasteiger partial charge in [-0.3, -0.25) is 4.79 Å². The number of Topliss-reactive ketones (excluding diaryl/α,β-unsaturated/α-hetero) is 1. The van der Waals surface area contributed by atoms with Crippen molar-refractivity contribution in [1.82, 2.24) is 20.0 Å². The molecule has 32 heavy (non-hydrogen) atoms. The first kappa shape index (κ1) is 22.4. The van der Waals surface area contributed by atoms with Gasteiger partial charge in [0, 0.05) is 19.6 Å². The second-order valence-electron chi connectivity index (χ2n) is 6.59. The zero-order chi connectivity index (χ0) is 23.1. The lowest BCUT2D eigenvalue weighted by Crippen LogP contribution is -2.03. The van der Waals surface area contributed by atoms with Crippen LogP contribution in [0.3, 0.4) is 0 Å². The molecule has 1 aromatic carbocycles. The summed E-state index contributed by atoms with van der Waals surface area (Å²) in [5.41, 5.74) is 6.94. The lowest BCUT2D eigenvalue weighted by Gasteiger charge is -2.02. The molecule has 0 unspecified atom stereocenters. The first-order valence-electron chi connectivity index (χ1n) is 9.37. The van der Waals surface area contributed by atoms with Gasteiger partial charge in [0.2, 0.25) is 0 Å². The third-order valence-corrected chi connectivity index (χ3v) is 4.13. The van der Waals surface area contributed by atoms with Crippen molar-refractivity contribution in [3.63, 3.8) is 0 Å². The summed E-state index contributed by atoms with van der Waals surface area (Å²) < 4.78 is 15.4. The summed E-state index contributed by atoms with van der Waals surface area (Å²) in [4.78, 5) is 27.0. The van der Waals surface area contributed by atoms with Crippen LogP contribution in [0.5, 0.6) is 0 Å². The molecule has 0 aliphatic heterocycles. The third-order valence-electron chi connectivity index (χ3n) is 4.13. The predicted molar refractivity (Wildman–Crippen MR) is 112 cm³/mol. The first-order valence-corrected chi connectivity index (χ1v) is 9.37. The summed E-state index contributed by atoms with van der Waals surface area (Å²) >= 11 is 0. The van der Waals surface area contributed by atoms with Gasteiger partial charge < -0.3 is 24.4 Å². The highest BCUT2D eigenvalue weighted by molar-refractivity contribution is 5.92. The quantitative estimate of drug-likeness (QED) is 0.410. The van der Waals surface area contributed by atoms with Gasteiger partial charge >= 0.3 is 5.97 Å². The molecule has 3 aromatic heterocycles. The van der Waals surface area contributed by atoms with Gasteiger partial charge in [0.25, 0.3) is 0 Å². The minimum absolute atomic E-state index is 0.0837. The second-order valence-corrected chi connectivity index (χ2v) is 6.59. The second kappa shape index (κ2) is 10.2. The van der Waals surface area contributed by atoms with Crippen LogP contribution in [-0.4, -0.2) is 43.9 Å². The highest BCUT2D eigenvalue weighted by Crippen LogP contribution is 2.24. The number of rotatable bonds is 7. The maximum absolute atomic E-state index is 11.0. The van der Waals surface area contributed by atoms with Crippen LogP contribution in [0.2, 0.25) is 0 Å². The Kier molecular flexibility index (Phi) is 7.13. The van der Waals surface area contributed by atoms with Gasteiger partial charge in [-0.25, -0.2) is 9.78 Å². The number of carboxylic acid groups (broad SMARTS) is 1. The van der Waals surface area contributed by atoms with Crippen LogP contribution >= 0.6 is 0 Å². The van der Waals surface area contributed by atoms with Crippen molar-refractivity contribution in [2.24, 2.45) is 0 Å². The van der Waals surface area contributed by atoms with Crippen molar-refractivity contribution >= 4 is 17.6 Å². The Morgan fingerprint density at radius 1 is 1.25 bits per heavy atom. The highest BCUT2D eigenvalue weighted by atomic mass is 16.5. The Balaban J connectivity index is 0.000000182. The average molecular weight is 439 g/mol. The van der Waals surface area contributed by atoms with Gasteiger partial charge in [-0.15, -0.1) is 5.10 Å². The Morgan fingerprint density at radius 2 is 2.06 bits per heavy atom. The van der Waals surface area contributed by atoms with Crippen molar-refractivity contribution in [2.75, 3.05) is 12.8 Å². The van der Waals surface area contributed by atoms with E-state index in [2.05, 4.69) is 15.2 Å². The molecule has 0 atom stereocenters. The van der Waals surface area contributed by atoms with Crippen LogP contribution in [0.1, 0.15) is 39.3 Å². The normalized spacial score (nSPS) is 10.4. The highest BCUT2D eigenvalue weighted by Gasteiger charge is 2.17. The van der Waals surface area contributed by atoms with E-state index in [1.54, 1.807) is 25.3 Å². The number of nitrogen functional groups attached to an aromatic ring is 1. The molecule has 4 rings (SSSR count). The third kappa shape index (κ3) is 5.67. The van der Waals surface area contributed by atoms with Gasteiger partial charge in [-0.05, 0) is 23.8 Å². The van der Waals surface area contributed by atoms with Crippen LogP contribution in [-0.2, 0) is 17.9 Å². The lowest BCUT2D eigenvalue weighted by molar-refractivity contribution is 0.0691. The summed E-state index contributed by atoms with van der Waals surface area (Å²) in [6.07, 6.45) is 2.58. The number of ether oxygens (including phenoxy) is 1. The Bertz CT molecular complexity index is 1210. The molecular formula is C21H21N5O6. The number of methoxy groups -OCH3 is 1. The Labute approximate surface area is 182 Å². The summed E-state index contributed by atoms with van der Waals surface area (Å²) in [5.74, 6) is 0.366. The lowest BCUT2D eigenvalue weighted by atomic mass is 10.1. The standard InChI is InChI=1S/C12H11NO4.C9H10N4O2/c1-16-6-8-3-2-4-9(5-8)11-10(12(14)15)13-7-17-11;1-6(14)8-3-2-7(15-8)5-13-11-4-9(10)12-13/h2-5,7H,6H2,1H3,(H,14,15);2-4H,5H2,1H3,(H2,10,12). The number of carbonyl (C=O) groups excluding carboxylic acids is 1. The molecule has 0 radical (unpaired) electrons. The molecule has 0 aliphatic rings. The number of hydrogen-bond acceptors (Lipinski definition) is 9. The van der Waals surface area contributed by atoms with Crippen LogP contribution in [0, 0.1) is 0 Å². The molecule has 0 bridgehead atoms. The number of aromatic carboxylic acids is 1. The van der Waals surface area contributed by atoms with Crippen molar-refractivity contribution in [1.29, 1.82) is 0 Å². The van der Waals surface area contributed by atoms with Crippen LogP contribution in [0.25, 0.3) is 11.3 Å². The molecule has 0 saturated carbocycles. The fourth-order valence-electron chi connectivity index (χ4n) is 2.75. The molecule has 0 amide bonds. The van der Waals surface area contributed by atoms with Crippen LogP contribution in [0.15, 0.2) is 57.8 Å². The number of aromatic nitrogens is 4. The van der Waals surface area contributed by atoms with E-state index in [9.17, 15) is 9.59 Å². The molecular weight excluding hydrogens is 418 g/mol. The van der Waals surface area contributed by atoms with Crippen molar-refractivity contribution in [3.8, 4) is 11.3 Å². The molecule has 3 N–H and O–H groups in total. The molecule has 11 nitrogen and oxygen atoms in total. The van der Waals surface area contributed by atoms with Crippen molar-refractivity contribution < 1.29 is 28.3 Å². The van der Waals surface area contributed by atoms with E-state index < -0.39 is 5.97 Å². The Hall–Kier alpha value is -4.25. The van der Waals surface area contributed by atoms with Gasteiger partial charge in [-0.2, -0.15) is 9.90 Å². The monoisotopic (exact) mass is 439 g/mol. The number of benzene rings is 1. The van der Waals surface area contributed by atoms with Crippen LogP contribution < -0.4 is 5.73 Å². The van der Waals surface area contributed by atoms with E-state index in [0.717, 1.165) is 12.0 Å². The number of nitrogens with two attached hydrogens (primary N) is 1. The molecule has 166 valence electrons. The fourth-order valence-corrected chi connectivity index (χ4v) is 2.75. The number of ketones is 1. The molecule has 11 heteroatoms. The van der Waals surface area contributed by atoms with E-state index in [1.807, 2.05) is 18.2 Å². The largest absolute Gasteiger partial charge is 0.476 e. The van der Waals surface area contributed by atoms with Gasteiger partial charge in [0.05, 0.1) is 12.8 Å². The van der Waals surface area contributed by atoms with E-state index in [1.165, 1.54) is 17.9 Å². The molecule has 0 aliphatic carbocycles. The van der Waals surface area contributed by atoms with Crippen molar-refractivity contribution in [3.05, 3.63) is 71.8 Å². The Morgan fingerprint density at radius 3 is 2.69 bits per heavy atom. The minimum Gasteiger partial charge on any atom is -0.476 e. The number of carbonyl (C=O) groups is 2. The van der Waals surface area contributed by atoms with E-state index >= 15 is 0 Å². The van der Waals surface area contributed by atoms with Gasteiger partial charge in [0.1, 0.15) is 12.3 Å². The number of nitrogens with zero attached hydrogens (tertiary/aromatic N) is 4. The summed E-state index contributed by atoms with van der Waals surface area (Å²) in [7, 11) is 1.60. The summed E-state index contributed by atoms with van der Waals surface area (Å²) in [6.45, 7) is 2.28. The average Bonchev–Trinajstić information content (AvgIpc) is 3.50. The smallest absolute Gasteiger partial charge is 0.358 e. The summed E-state index contributed by atoms with van der Waals surface area (Å²) in [6, 6.07) is 10.6. The maximum atomic E-state index is 11.0. The van der Waals surface area contributed by atoms with E-state index in [-0.39, 0.29) is 17.2 Å². The zero-order valence-corrected chi connectivity index (χ0v) is 17.4. The number of hydrogen-bond donors (Lipinski definition) is 2. The number of carboxylic acids is 1. The molecule has 3 heterocycles. The first-order chi connectivity index (χ1) is 15.4. The summed E-state index contributed by atoms with van der Waals surface area (Å²) in [5, 5.41) is 16.7. The number of oxazole rings is 1. The van der Waals surface area contributed by atoms with Crippen LogP contribution in [0.4, 0.5) is 5.82 Å². The molecule has 0 fully saturated rings. The maximum Gasteiger partial charge on any atom is 0.358 e. The van der Waals surface area contributed by atoms with Crippen molar-refractivity contribution in [2.45, 2.75) is 20.1 Å². The number of furan rings is 1. The fraction of sp³-hybridized carbons (Fsp3) is 0.190. The zero-order valence-electron chi connectivity index (χ0n) is 17.4. The number of anilines is 1. The van der Waals surface area contributed by atoms with Gasteiger partial charge in [-0.1, -0.05) is 18.2 Å². The molecule has 4 aromatic rings. The topological polar surface area (TPSA) is 160 Å². The molecule has 0 saturated heterocycles. The van der Waals surface area contributed by atoms with E-state index in [0.29, 0.717) is 36.1 Å². The minimum atomic E-state index is -1.11.